The lowest BCUT2D eigenvalue weighted by atomic mass is 10.1. The molecule has 1 fully saturated rings. The molecule has 0 unspecified atom stereocenters. The molecule has 7 heteroatoms. The van der Waals surface area contributed by atoms with Crippen LogP contribution in [0.3, 0.4) is 0 Å². The number of fused-ring (bicyclic) bond motifs is 2. The maximum absolute atomic E-state index is 12.9. The van der Waals surface area contributed by atoms with Gasteiger partial charge in [-0.1, -0.05) is 24.3 Å². The van der Waals surface area contributed by atoms with Crippen molar-refractivity contribution >= 4 is 28.8 Å². The number of aliphatic imine (C=N–C) groups is 1. The van der Waals surface area contributed by atoms with Crippen LogP contribution in [-0.2, 0) is 0 Å². The highest BCUT2D eigenvalue weighted by Gasteiger charge is 2.32. The summed E-state index contributed by atoms with van der Waals surface area (Å²) in [5.74, 6) is 2.97. The number of nitrogens with zero attached hydrogens (tertiary/aromatic N) is 3. The summed E-state index contributed by atoms with van der Waals surface area (Å²) in [6.45, 7) is 4.11. The number of hydrogen-bond acceptors (Lipinski definition) is 6. The van der Waals surface area contributed by atoms with Crippen molar-refractivity contribution in [1.82, 2.24) is 9.80 Å². The minimum absolute atomic E-state index is 0.0551. The van der Waals surface area contributed by atoms with E-state index in [9.17, 15) is 4.79 Å². The molecule has 3 aromatic rings. The van der Waals surface area contributed by atoms with Crippen LogP contribution in [0.15, 0.2) is 65.0 Å². The number of thiophene rings is 1. The summed E-state index contributed by atoms with van der Waals surface area (Å²) in [5.41, 5.74) is 1.67. The molecule has 2 aliphatic rings. The second-order valence-electron chi connectivity index (χ2n) is 7.61. The Hall–Kier alpha value is -3.32. The summed E-state index contributed by atoms with van der Waals surface area (Å²) in [6.07, 6.45) is 0. The number of ether oxygens (including phenoxy) is 2. The Labute approximate surface area is 185 Å². The number of methoxy groups -OCH3 is 1. The fourth-order valence-electron chi connectivity index (χ4n) is 4.11. The summed E-state index contributed by atoms with van der Waals surface area (Å²) in [4.78, 5) is 22.9. The van der Waals surface area contributed by atoms with Crippen molar-refractivity contribution < 1.29 is 14.3 Å². The zero-order chi connectivity index (χ0) is 21.4. The van der Waals surface area contributed by atoms with Gasteiger partial charge in [0, 0.05) is 25.7 Å². The molecule has 1 saturated heterocycles. The molecule has 6 nitrogen and oxygen atoms in total. The maximum atomic E-state index is 12.9. The minimum Gasteiger partial charge on any atom is -0.493 e. The van der Waals surface area contributed by atoms with Crippen LogP contribution in [0.5, 0.6) is 17.2 Å². The normalized spacial score (nSPS) is 17.7. The third-order valence-corrected chi connectivity index (χ3v) is 6.52. The average molecular weight is 434 g/mol. The average Bonchev–Trinajstić information content (AvgIpc) is 3.27. The number of piperazine rings is 1. The number of carbonyl (C=O) groups excluding carboxylic acids is 1. The smallest absolute Gasteiger partial charge is 0.264 e. The van der Waals surface area contributed by atoms with E-state index in [2.05, 4.69) is 11.8 Å². The quantitative estimate of drug-likeness (QED) is 0.583. The summed E-state index contributed by atoms with van der Waals surface area (Å²) in [5, 5.41) is 1.94. The molecule has 2 aromatic carbocycles. The van der Waals surface area contributed by atoms with Gasteiger partial charge in [-0.3, -0.25) is 4.79 Å². The Balaban J connectivity index is 1.50. The Bertz CT molecular complexity index is 1140. The van der Waals surface area contributed by atoms with E-state index in [0.29, 0.717) is 36.9 Å². The van der Waals surface area contributed by atoms with Crippen molar-refractivity contribution in [3.63, 3.8) is 0 Å². The second kappa shape index (κ2) is 8.07. The number of amidine groups is 1. The van der Waals surface area contributed by atoms with Crippen molar-refractivity contribution in [3.8, 4) is 17.2 Å². The van der Waals surface area contributed by atoms with E-state index >= 15 is 0 Å². The van der Waals surface area contributed by atoms with Gasteiger partial charge < -0.3 is 19.3 Å². The van der Waals surface area contributed by atoms with Crippen molar-refractivity contribution in [1.29, 1.82) is 0 Å². The van der Waals surface area contributed by atoms with Crippen LogP contribution in [0.4, 0.5) is 5.69 Å². The Kier molecular flexibility index (Phi) is 5.11. The van der Waals surface area contributed by atoms with Gasteiger partial charge in [0.1, 0.15) is 11.5 Å². The highest BCUT2D eigenvalue weighted by molar-refractivity contribution is 7.12. The summed E-state index contributed by atoms with van der Waals surface area (Å²) in [6, 6.07) is 17.5. The molecule has 3 heterocycles. The first-order valence-electron chi connectivity index (χ1n) is 10.3. The van der Waals surface area contributed by atoms with Gasteiger partial charge in [0.05, 0.1) is 17.6 Å². The number of rotatable bonds is 2. The number of hydrogen-bond donors (Lipinski definition) is 0. The van der Waals surface area contributed by atoms with Gasteiger partial charge in [-0.15, -0.1) is 11.3 Å². The van der Waals surface area contributed by atoms with Crippen LogP contribution in [0.25, 0.3) is 0 Å². The third kappa shape index (κ3) is 3.55. The topological polar surface area (TPSA) is 54.4 Å². The van der Waals surface area contributed by atoms with Crippen LogP contribution in [0.2, 0.25) is 0 Å². The molecule has 158 valence electrons. The molecule has 0 aliphatic carbocycles. The van der Waals surface area contributed by atoms with Gasteiger partial charge in [0.25, 0.3) is 5.91 Å². The van der Waals surface area contributed by atoms with Gasteiger partial charge in [0.2, 0.25) is 0 Å². The van der Waals surface area contributed by atoms with Crippen molar-refractivity contribution in [2.24, 2.45) is 4.99 Å². The first kappa shape index (κ1) is 19.6. The zero-order valence-corrected chi connectivity index (χ0v) is 18.3. The highest BCUT2D eigenvalue weighted by atomic mass is 32.1. The molecule has 0 N–H and O–H groups in total. The first-order valence-corrected chi connectivity index (χ1v) is 11.2. The molecular weight excluding hydrogens is 410 g/mol. The maximum Gasteiger partial charge on any atom is 0.264 e. The largest absolute Gasteiger partial charge is 0.493 e. The molecule has 5 rings (SSSR count). The number of para-hydroxylation sites is 3. The van der Waals surface area contributed by atoms with Gasteiger partial charge >= 0.3 is 0 Å². The predicted octanol–water partition coefficient (Wildman–Crippen LogP) is 4.79. The molecule has 2 aliphatic heterocycles. The van der Waals surface area contributed by atoms with Gasteiger partial charge in [-0.25, -0.2) is 4.99 Å². The molecule has 1 aromatic heterocycles. The Morgan fingerprint density at radius 1 is 1.13 bits per heavy atom. The lowest BCUT2D eigenvalue weighted by Gasteiger charge is -2.41. The molecule has 0 saturated carbocycles. The highest BCUT2D eigenvalue weighted by Crippen LogP contribution is 2.42. The van der Waals surface area contributed by atoms with E-state index in [1.165, 1.54) is 11.3 Å². The zero-order valence-electron chi connectivity index (χ0n) is 17.4. The minimum atomic E-state index is 0.0551. The molecule has 1 amide bonds. The standard InChI is InChI=1S/C24H23N3O3S/c1-16-15-26(12-13-27(16)24(28)21-11-6-14-31-21)23-17-7-5-10-20(29-2)22(17)30-19-9-4-3-8-18(19)25-23/h3-11,14,16H,12-13,15H2,1-2H3/t16-/m1/s1. The molecule has 0 spiro atoms. The van der Waals surface area contributed by atoms with E-state index in [4.69, 9.17) is 14.5 Å². The fourth-order valence-corrected chi connectivity index (χ4v) is 4.79. The monoisotopic (exact) mass is 433 g/mol. The van der Waals surface area contributed by atoms with E-state index in [1.807, 2.05) is 64.9 Å². The third-order valence-electron chi connectivity index (χ3n) is 5.66. The summed E-state index contributed by atoms with van der Waals surface area (Å²) < 4.78 is 11.8. The molecule has 31 heavy (non-hydrogen) atoms. The van der Waals surface area contributed by atoms with Crippen molar-refractivity contribution in [2.75, 3.05) is 26.7 Å². The van der Waals surface area contributed by atoms with Crippen LogP contribution < -0.4 is 9.47 Å². The van der Waals surface area contributed by atoms with Gasteiger partial charge in [-0.05, 0) is 42.6 Å². The van der Waals surface area contributed by atoms with Crippen LogP contribution in [-0.4, -0.2) is 54.3 Å². The Morgan fingerprint density at radius 2 is 2.00 bits per heavy atom. The van der Waals surface area contributed by atoms with Gasteiger partial charge in [0.15, 0.2) is 17.2 Å². The number of benzene rings is 2. The van der Waals surface area contributed by atoms with E-state index < -0.39 is 0 Å². The van der Waals surface area contributed by atoms with Crippen LogP contribution in [0.1, 0.15) is 22.2 Å². The SMILES string of the molecule is COc1cccc2c1Oc1ccccc1N=C2N1CCN(C(=O)c2cccs2)[C@H](C)C1. The van der Waals surface area contributed by atoms with E-state index in [-0.39, 0.29) is 11.9 Å². The van der Waals surface area contributed by atoms with Crippen molar-refractivity contribution in [2.45, 2.75) is 13.0 Å². The summed E-state index contributed by atoms with van der Waals surface area (Å²) >= 11 is 1.49. The summed E-state index contributed by atoms with van der Waals surface area (Å²) in [7, 11) is 1.64. The fraction of sp³-hybridized carbons (Fsp3) is 0.250. The molecule has 1 atom stereocenters. The lowest BCUT2D eigenvalue weighted by molar-refractivity contribution is 0.0586. The molecular formula is C24H23N3O3S. The van der Waals surface area contributed by atoms with Gasteiger partial charge in [-0.2, -0.15) is 0 Å². The molecule has 0 bridgehead atoms. The predicted molar refractivity (Wildman–Crippen MR) is 122 cm³/mol. The number of amides is 1. The first-order chi connectivity index (χ1) is 15.2. The van der Waals surface area contributed by atoms with Crippen LogP contribution in [0, 0.1) is 0 Å². The lowest BCUT2D eigenvalue weighted by Crippen LogP contribution is -2.55. The van der Waals surface area contributed by atoms with E-state index in [1.54, 1.807) is 7.11 Å². The molecule has 0 radical (unpaired) electrons. The second-order valence-corrected chi connectivity index (χ2v) is 8.56. The van der Waals surface area contributed by atoms with Crippen molar-refractivity contribution in [3.05, 3.63) is 70.4 Å². The van der Waals surface area contributed by atoms with E-state index in [0.717, 1.165) is 22.0 Å². The number of carbonyl (C=O) groups is 1. The Morgan fingerprint density at radius 3 is 2.77 bits per heavy atom. The van der Waals surface area contributed by atoms with Crippen LogP contribution >= 0.6 is 11.3 Å².